The van der Waals surface area contributed by atoms with E-state index in [0.29, 0.717) is 96.8 Å². The number of carboxylic acids is 1. The van der Waals surface area contributed by atoms with Gasteiger partial charge in [0, 0.05) is 84.9 Å². The Hall–Kier alpha value is -5.86. The molecule has 4 aromatic heterocycles. The molecule has 5 aliphatic rings. The minimum atomic E-state index is -0.744. The molecule has 0 amide bonds. The molecule has 0 spiro atoms. The summed E-state index contributed by atoms with van der Waals surface area (Å²) >= 11 is 14.3. The van der Waals surface area contributed by atoms with Gasteiger partial charge in [0.25, 0.3) is 0 Å². The molecule has 2 saturated heterocycles. The number of ketones is 1. The molecule has 2 bridgehead atoms. The SMILES string of the molecule is COc1nc(-c2cccc(-c3cccc4c3CC[C@@H]4Oc3nc(OCc4ccc(-n5cccn5)nc4)c(CN4CC5(C(=O)O)CCC4CC5)cc3Cl)c2Cl)ccc1CNC[C@@H]1CCC(=O)C1. The third-order valence-corrected chi connectivity index (χ3v) is 14.6. The first kappa shape index (κ1) is 44.0. The van der Waals surface area contributed by atoms with Crippen LogP contribution < -0.4 is 19.5 Å². The van der Waals surface area contributed by atoms with E-state index >= 15 is 0 Å². The van der Waals surface area contributed by atoms with E-state index in [-0.39, 0.29) is 24.6 Å². The summed E-state index contributed by atoms with van der Waals surface area (Å²) in [6, 6.07) is 24.0. The maximum atomic E-state index is 12.5. The number of benzene rings is 2. The zero-order valence-corrected chi connectivity index (χ0v) is 38.2. The van der Waals surface area contributed by atoms with Crippen molar-refractivity contribution in [1.82, 2.24) is 34.9 Å². The Kier molecular flexibility index (Phi) is 12.5. The minimum absolute atomic E-state index is 0.194. The van der Waals surface area contributed by atoms with Gasteiger partial charge in [-0.3, -0.25) is 14.5 Å². The van der Waals surface area contributed by atoms with Crippen molar-refractivity contribution in [3.05, 3.63) is 129 Å². The Labute approximate surface area is 393 Å². The van der Waals surface area contributed by atoms with Gasteiger partial charge in [0.2, 0.25) is 17.6 Å². The van der Waals surface area contributed by atoms with Gasteiger partial charge in [0.05, 0.1) is 23.2 Å². The normalized spacial score (nSPS) is 21.3. The number of piperidine rings is 2. The number of hydrogen-bond donors (Lipinski definition) is 2. The zero-order chi connectivity index (χ0) is 45.4. The van der Waals surface area contributed by atoms with E-state index in [9.17, 15) is 14.7 Å². The second kappa shape index (κ2) is 18.8. The number of methoxy groups -OCH3 is 1. The van der Waals surface area contributed by atoms with Gasteiger partial charge >= 0.3 is 5.97 Å². The maximum Gasteiger partial charge on any atom is 0.310 e. The Morgan fingerprint density at radius 3 is 2.50 bits per heavy atom. The summed E-state index contributed by atoms with van der Waals surface area (Å²) in [7, 11) is 1.62. The number of nitrogens with one attached hydrogen (secondary N) is 1. The quantitative estimate of drug-likeness (QED) is 0.0950. The van der Waals surface area contributed by atoms with Gasteiger partial charge in [-0.1, -0.05) is 71.7 Å². The molecule has 2 saturated carbocycles. The van der Waals surface area contributed by atoms with Crippen molar-refractivity contribution >= 4 is 35.0 Å². The van der Waals surface area contributed by atoms with Crippen LogP contribution >= 0.6 is 23.2 Å². The smallest absolute Gasteiger partial charge is 0.310 e. The molecule has 15 heteroatoms. The standard InChI is InChI=1S/C51H51Cl2N7O6/c1-64-47-33(27-54-25-31-9-12-36(61)23-31)11-14-43(57-47)41-8-3-7-40(46(41)53)37-5-2-6-39-38(37)13-15-44(39)66-49-42(52)24-34(28-59-30-51(50(62)63)19-17-35(59)18-20-51)48(58-49)65-29-32-10-16-45(55-26-32)60-22-4-21-56-60/h2-8,10-11,14,16,21-22,24,26,31,35,44,54H,9,12-13,15,17-20,23,25,27-30H2,1H3,(H,62,63)/t31-,35?,44+,51?/m1/s1. The molecule has 6 heterocycles. The third-order valence-electron chi connectivity index (χ3n) is 13.9. The van der Waals surface area contributed by atoms with Crippen LogP contribution in [0.4, 0.5) is 0 Å². The van der Waals surface area contributed by atoms with Crippen molar-refractivity contribution in [3.8, 4) is 45.8 Å². The molecule has 66 heavy (non-hydrogen) atoms. The van der Waals surface area contributed by atoms with Crippen LogP contribution in [0.2, 0.25) is 10.0 Å². The lowest BCUT2D eigenvalue weighted by Crippen LogP contribution is -2.56. The lowest BCUT2D eigenvalue weighted by Gasteiger charge is -2.50. The number of hydrogen-bond acceptors (Lipinski definition) is 11. The van der Waals surface area contributed by atoms with Crippen LogP contribution in [-0.4, -0.2) is 72.7 Å². The van der Waals surface area contributed by atoms with E-state index in [2.05, 4.69) is 32.4 Å². The number of ether oxygens (including phenoxy) is 3. The van der Waals surface area contributed by atoms with Crippen molar-refractivity contribution in [2.45, 2.75) is 89.6 Å². The summed E-state index contributed by atoms with van der Waals surface area (Å²) in [5.41, 5.74) is 7.38. The van der Waals surface area contributed by atoms with Crippen molar-refractivity contribution < 1.29 is 28.9 Å². The van der Waals surface area contributed by atoms with Gasteiger partial charge in [-0.2, -0.15) is 10.1 Å². The number of nitrogens with zero attached hydrogens (tertiary/aromatic N) is 6. The van der Waals surface area contributed by atoms with Crippen molar-refractivity contribution in [1.29, 1.82) is 0 Å². The highest BCUT2D eigenvalue weighted by Gasteiger charge is 2.49. The first-order chi connectivity index (χ1) is 32.1. The summed E-state index contributed by atoms with van der Waals surface area (Å²) in [6.45, 7) is 2.47. The van der Waals surface area contributed by atoms with Crippen molar-refractivity contribution in [2.24, 2.45) is 11.3 Å². The number of halogens is 2. The molecule has 2 aromatic carbocycles. The third kappa shape index (κ3) is 8.89. The molecule has 4 fully saturated rings. The lowest BCUT2D eigenvalue weighted by molar-refractivity contribution is -0.160. The molecule has 13 nitrogen and oxygen atoms in total. The van der Waals surface area contributed by atoms with Crippen LogP contribution in [0, 0.1) is 11.3 Å². The predicted molar refractivity (Wildman–Crippen MR) is 250 cm³/mol. The van der Waals surface area contributed by atoms with E-state index in [1.165, 1.54) is 0 Å². The van der Waals surface area contributed by atoms with E-state index in [0.717, 1.165) is 76.7 Å². The van der Waals surface area contributed by atoms with Crippen LogP contribution in [-0.2, 0) is 35.7 Å². The van der Waals surface area contributed by atoms with Crippen LogP contribution in [0.3, 0.4) is 0 Å². The zero-order valence-electron chi connectivity index (χ0n) is 36.7. The highest BCUT2D eigenvalue weighted by atomic mass is 35.5. The fraction of sp³-hybridized carbons (Fsp3) is 0.373. The van der Waals surface area contributed by atoms with Gasteiger partial charge < -0.3 is 24.6 Å². The van der Waals surface area contributed by atoms with Gasteiger partial charge in [-0.15, -0.1) is 0 Å². The number of carbonyl (C=O) groups excluding carboxylic acids is 1. The number of aliphatic carboxylic acids is 1. The molecule has 3 aliphatic carbocycles. The Balaban J connectivity index is 0.892. The molecule has 6 aromatic rings. The molecular formula is C51H51Cl2N7O6. The topological polar surface area (TPSA) is 154 Å². The molecule has 2 N–H and O–H groups in total. The number of pyridine rings is 3. The fourth-order valence-electron chi connectivity index (χ4n) is 10.4. The maximum absolute atomic E-state index is 12.5. The average Bonchev–Trinajstić information content (AvgIpc) is 4.13. The molecule has 0 radical (unpaired) electrons. The lowest BCUT2D eigenvalue weighted by atomic mass is 9.67. The highest BCUT2D eigenvalue weighted by Crippen LogP contribution is 2.47. The fourth-order valence-corrected chi connectivity index (χ4v) is 10.9. The second-order valence-corrected chi connectivity index (χ2v) is 18.8. The number of Topliss-reactive ketones (excluding diaryl/α,β-unsaturated/α-hetero) is 1. The Bertz CT molecular complexity index is 2760. The second-order valence-electron chi connectivity index (χ2n) is 18.1. The largest absolute Gasteiger partial charge is 0.481 e. The minimum Gasteiger partial charge on any atom is -0.481 e. The van der Waals surface area contributed by atoms with Crippen LogP contribution in [0.1, 0.15) is 85.3 Å². The van der Waals surface area contributed by atoms with E-state index in [1.807, 2.05) is 66.9 Å². The van der Waals surface area contributed by atoms with Crippen LogP contribution in [0.25, 0.3) is 28.2 Å². The summed E-state index contributed by atoms with van der Waals surface area (Å²) in [5, 5.41) is 18.9. The molecule has 2 atom stereocenters. The van der Waals surface area contributed by atoms with Gasteiger partial charge in [0.1, 0.15) is 23.5 Å². The van der Waals surface area contributed by atoms with E-state index < -0.39 is 11.4 Å². The van der Waals surface area contributed by atoms with Crippen molar-refractivity contribution in [3.63, 3.8) is 0 Å². The summed E-state index contributed by atoms with van der Waals surface area (Å²) in [6.07, 6.45) is 11.7. The summed E-state index contributed by atoms with van der Waals surface area (Å²) in [4.78, 5) is 40.9. The van der Waals surface area contributed by atoms with E-state index in [4.69, 9.17) is 47.4 Å². The number of carbonyl (C=O) groups is 2. The average molecular weight is 929 g/mol. The number of rotatable bonds is 16. The molecule has 340 valence electrons. The molecule has 0 unspecified atom stereocenters. The van der Waals surface area contributed by atoms with E-state index in [1.54, 1.807) is 24.2 Å². The number of fused-ring (bicyclic) bond motifs is 4. The highest BCUT2D eigenvalue weighted by molar-refractivity contribution is 6.36. The number of carboxylic acid groups (broad SMARTS) is 1. The monoisotopic (exact) mass is 927 g/mol. The van der Waals surface area contributed by atoms with Gasteiger partial charge in [0.15, 0.2) is 5.82 Å². The van der Waals surface area contributed by atoms with Gasteiger partial charge in [-0.25, -0.2) is 14.6 Å². The van der Waals surface area contributed by atoms with Crippen LogP contribution in [0.5, 0.6) is 17.6 Å². The van der Waals surface area contributed by atoms with Crippen LogP contribution in [0.15, 0.2) is 91.4 Å². The number of aromatic nitrogens is 5. The first-order valence-corrected chi connectivity index (χ1v) is 23.5. The molecular weight excluding hydrogens is 878 g/mol. The summed E-state index contributed by atoms with van der Waals surface area (Å²) in [5.74, 6) is 1.85. The Morgan fingerprint density at radius 1 is 0.909 bits per heavy atom. The predicted octanol–water partition coefficient (Wildman–Crippen LogP) is 9.64. The first-order valence-electron chi connectivity index (χ1n) is 22.7. The summed E-state index contributed by atoms with van der Waals surface area (Å²) < 4.78 is 20.6. The molecule has 2 aliphatic heterocycles. The van der Waals surface area contributed by atoms with Crippen molar-refractivity contribution in [2.75, 3.05) is 20.2 Å². The molecule has 11 rings (SSSR count). The Morgan fingerprint density at radius 2 is 1.74 bits per heavy atom. The van der Waals surface area contributed by atoms with Gasteiger partial charge in [-0.05, 0) is 98.4 Å².